The molecule has 0 heterocycles. The summed E-state index contributed by atoms with van der Waals surface area (Å²) < 4.78 is 5.56. The van der Waals surface area contributed by atoms with Crippen molar-refractivity contribution in [2.24, 2.45) is 0 Å². The Hall–Kier alpha value is -0.670. The number of rotatable bonds is 6. The number of hydrogen-bond donors (Lipinski definition) is 1. The van der Waals surface area contributed by atoms with Gasteiger partial charge >= 0.3 is 0 Å². The van der Waals surface area contributed by atoms with Crippen LogP contribution in [0.2, 0.25) is 0 Å². The first kappa shape index (κ1) is 11.4. The minimum atomic E-state index is 0.0404. The smallest absolute Gasteiger partial charge is 0.124 e. The Morgan fingerprint density at radius 3 is 2.86 bits per heavy atom. The maximum absolute atomic E-state index is 9.04. The topological polar surface area (TPSA) is 29.5 Å². The molecule has 0 spiro atoms. The second-order valence-electron chi connectivity index (χ2n) is 2.96. The van der Waals surface area contributed by atoms with Crippen LogP contribution in [0.5, 0.6) is 5.75 Å². The predicted molar refractivity (Wildman–Crippen MR) is 60.9 cm³/mol. The zero-order valence-electron chi connectivity index (χ0n) is 8.40. The second kappa shape index (κ2) is 6.74. The molecule has 0 radical (unpaired) electrons. The van der Waals surface area contributed by atoms with Crippen LogP contribution >= 0.6 is 11.8 Å². The summed E-state index contributed by atoms with van der Waals surface area (Å²) in [6, 6.07) is 7.60. The van der Waals surface area contributed by atoms with Gasteiger partial charge in [0.25, 0.3) is 0 Å². The molecule has 0 bridgehead atoms. The molecular formula is C11H16O2S. The highest BCUT2D eigenvalue weighted by molar-refractivity contribution is 7.98. The number of hydrogen-bond acceptors (Lipinski definition) is 3. The summed E-state index contributed by atoms with van der Waals surface area (Å²) in [5, 5.41) is 9.04. The van der Waals surface area contributed by atoms with Crippen LogP contribution in [-0.4, -0.2) is 23.7 Å². The van der Waals surface area contributed by atoms with Crippen LogP contribution in [0.3, 0.4) is 0 Å². The quantitative estimate of drug-likeness (QED) is 0.734. The Balaban J connectivity index is 2.41. The van der Waals surface area contributed by atoms with Gasteiger partial charge in [-0.1, -0.05) is 18.2 Å². The first-order valence-electron chi connectivity index (χ1n) is 4.69. The van der Waals surface area contributed by atoms with E-state index in [0.29, 0.717) is 0 Å². The van der Waals surface area contributed by atoms with E-state index in [1.165, 1.54) is 0 Å². The van der Waals surface area contributed by atoms with Crippen LogP contribution in [0.1, 0.15) is 12.0 Å². The van der Waals surface area contributed by atoms with Gasteiger partial charge in [-0.05, 0) is 24.5 Å². The standard InChI is InChI=1S/C11H16O2S/c1-14-8-4-7-13-11-6-3-2-5-10(11)9-12/h2-3,5-6,12H,4,7-9H2,1H3. The van der Waals surface area contributed by atoms with Gasteiger partial charge in [-0.25, -0.2) is 0 Å². The van der Waals surface area contributed by atoms with Crippen LogP contribution in [0.15, 0.2) is 24.3 Å². The Morgan fingerprint density at radius 1 is 1.36 bits per heavy atom. The zero-order valence-corrected chi connectivity index (χ0v) is 9.22. The van der Waals surface area contributed by atoms with Crippen molar-refractivity contribution in [2.75, 3.05) is 18.6 Å². The lowest BCUT2D eigenvalue weighted by Crippen LogP contribution is -2.01. The number of aliphatic hydroxyl groups excluding tert-OH is 1. The van der Waals surface area contributed by atoms with Gasteiger partial charge in [0, 0.05) is 5.56 Å². The normalized spacial score (nSPS) is 10.1. The van der Waals surface area contributed by atoms with Gasteiger partial charge in [0.05, 0.1) is 13.2 Å². The lowest BCUT2D eigenvalue weighted by Gasteiger charge is -2.08. The van der Waals surface area contributed by atoms with E-state index < -0.39 is 0 Å². The van der Waals surface area contributed by atoms with Crippen molar-refractivity contribution in [2.45, 2.75) is 13.0 Å². The molecule has 78 valence electrons. The fraction of sp³-hybridized carbons (Fsp3) is 0.455. The SMILES string of the molecule is CSCCCOc1ccccc1CO. The molecule has 0 aliphatic rings. The molecule has 0 aliphatic carbocycles. The molecule has 1 rings (SSSR count). The average molecular weight is 212 g/mol. The van der Waals surface area contributed by atoms with Gasteiger partial charge in [-0.15, -0.1) is 0 Å². The summed E-state index contributed by atoms with van der Waals surface area (Å²) in [4.78, 5) is 0. The molecule has 14 heavy (non-hydrogen) atoms. The summed E-state index contributed by atoms with van der Waals surface area (Å²) in [5.74, 6) is 1.91. The molecule has 0 aromatic heterocycles. The summed E-state index contributed by atoms with van der Waals surface area (Å²) >= 11 is 1.82. The summed E-state index contributed by atoms with van der Waals surface area (Å²) in [5.41, 5.74) is 0.858. The largest absolute Gasteiger partial charge is 0.493 e. The Labute approximate surface area is 89.3 Å². The lowest BCUT2D eigenvalue weighted by atomic mass is 10.2. The third-order valence-corrected chi connectivity index (χ3v) is 2.59. The van der Waals surface area contributed by atoms with Crippen molar-refractivity contribution in [3.05, 3.63) is 29.8 Å². The van der Waals surface area contributed by atoms with E-state index in [1.54, 1.807) is 0 Å². The van der Waals surface area contributed by atoms with Gasteiger partial charge < -0.3 is 9.84 Å². The van der Waals surface area contributed by atoms with Gasteiger partial charge in [-0.3, -0.25) is 0 Å². The van der Waals surface area contributed by atoms with Gasteiger partial charge in [0.15, 0.2) is 0 Å². The van der Waals surface area contributed by atoms with E-state index in [4.69, 9.17) is 9.84 Å². The highest BCUT2D eigenvalue weighted by Gasteiger charge is 2.00. The van der Waals surface area contributed by atoms with Crippen molar-refractivity contribution >= 4 is 11.8 Å². The van der Waals surface area contributed by atoms with Crippen LogP contribution in [-0.2, 0) is 6.61 Å². The van der Waals surface area contributed by atoms with Gasteiger partial charge in [-0.2, -0.15) is 11.8 Å². The first-order valence-corrected chi connectivity index (χ1v) is 6.08. The molecule has 0 saturated carbocycles. The number of benzene rings is 1. The molecule has 0 amide bonds. The van der Waals surface area contributed by atoms with Crippen molar-refractivity contribution in [1.29, 1.82) is 0 Å². The molecule has 3 heteroatoms. The van der Waals surface area contributed by atoms with Crippen LogP contribution < -0.4 is 4.74 Å². The first-order chi connectivity index (χ1) is 6.88. The maximum Gasteiger partial charge on any atom is 0.124 e. The van der Waals surface area contributed by atoms with Crippen LogP contribution in [0.25, 0.3) is 0 Å². The van der Waals surface area contributed by atoms with E-state index in [9.17, 15) is 0 Å². The minimum absolute atomic E-state index is 0.0404. The molecule has 0 aliphatic heterocycles. The predicted octanol–water partition coefficient (Wildman–Crippen LogP) is 2.31. The van der Waals surface area contributed by atoms with E-state index >= 15 is 0 Å². The summed E-state index contributed by atoms with van der Waals surface area (Å²) in [6.45, 7) is 0.760. The monoisotopic (exact) mass is 212 g/mol. The van der Waals surface area contributed by atoms with Gasteiger partial charge in [0.1, 0.15) is 5.75 Å². The molecule has 1 aromatic carbocycles. The Kier molecular flexibility index (Phi) is 5.49. The van der Waals surface area contributed by atoms with E-state index in [2.05, 4.69) is 6.26 Å². The lowest BCUT2D eigenvalue weighted by molar-refractivity contribution is 0.263. The van der Waals surface area contributed by atoms with Crippen LogP contribution in [0.4, 0.5) is 0 Å². The molecule has 0 atom stereocenters. The molecule has 1 N–H and O–H groups in total. The van der Waals surface area contributed by atoms with Crippen molar-refractivity contribution in [3.8, 4) is 5.75 Å². The fourth-order valence-electron chi connectivity index (χ4n) is 1.16. The van der Waals surface area contributed by atoms with E-state index in [1.807, 2.05) is 36.0 Å². The molecule has 0 fully saturated rings. The van der Waals surface area contributed by atoms with Crippen LogP contribution in [0, 0.1) is 0 Å². The van der Waals surface area contributed by atoms with E-state index in [-0.39, 0.29) is 6.61 Å². The zero-order chi connectivity index (χ0) is 10.2. The van der Waals surface area contributed by atoms with Crippen molar-refractivity contribution < 1.29 is 9.84 Å². The Bertz CT molecular complexity index is 263. The molecule has 0 saturated heterocycles. The third kappa shape index (κ3) is 3.60. The summed E-state index contributed by atoms with van der Waals surface area (Å²) in [6.07, 6.45) is 3.13. The van der Waals surface area contributed by atoms with Crippen molar-refractivity contribution in [3.63, 3.8) is 0 Å². The average Bonchev–Trinajstić information content (AvgIpc) is 2.25. The molecule has 2 nitrogen and oxygen atoms in total. The minimum Gasteiger partial charge on any atom is -0.493 e. The third-order valence-electron chi connectivity index (χ3n) is 1.89. The number of para-hydroxylation sites is 1. The number of thioether (sulfide) groups is 1. The van der Waals surface area contributed by atoms with Crippen molar-refractivity contribution in [1.82, 2.24) is 0 Å². The molecule has 0 unspecified atom stereocenters. The highest BCUT2D eigenvalue weighted by Crippen LogP contribution is 2.17. The molecule has 1 aromatic rings. The highest BCUT2D eigenvalue weighted by atomic mass is 32.2. The van der Waals surface area contributed by atoms with E-state index in [0.717, 1.165) is 30.1 Å². The number of aliphatic hydroxyl groups is 1. The van der Waals surface area contributed by atoms with Gasteiger partial charge in [0.2, 0.25) is 0 Å². The molecular weight excluding hydrogens is 196 g/mol. The fourth-order valence-corrected chi connectivity index (χ4v) is 1.57. The second-order valence-corrected chi connectivity index (χ2v) is 3.95. The summed E-state index contributed by atoms with van der Waals surface area (Å²) in [7, 11) is 0. The maximum atomic E-state index is 9.04. The Morgan fingerprint density at radius 2 is 2.14 bits per heavy atom. The number of ether oxygens (including phenoxy) is 1.